The quantitative estimate of drug-likeness (QED) is 0.497. The van der Waals surface area contributed by atoms with E-state index in [0.29, 0.717) is 18.5 Å². The number of amides is 1. The molecule has 4 N–H and O–H groups in total. The highest BCUT2D eigenvalue weighted by molar-refractivity contribution is 5.92. The fraction of sp³-hybridized carbons (Fsp3) is 0.636. The molecule has 0 spiro atoms. The SMILES string of the molecule is CCN1CCCC1CNC(N)=NCc1cccc(NC(=O)C2CCCCC2)c1. The number of hydrogen-bond acceptors (Lipinski definition) is 3. The van der Waals surface area contributed by atoms with E-state index in [2.05, 4.69) is 27.4 Å². The summed E-state index contributed by atoms with van der Waals surface area (Å²) < 4.78 is 0. The van der Waals surface area contributed by atoms with Gasteiger partial charge in [-0.05, 0) is 56.5 Å². The summed E-state index contributed by atoms with van der Waals surface area (Å²) in [5.74, 6) is 0.798. The molecule has 1 aliphatic heterocycles. The second-order valence-electron chi connectivity index (χ2n) is 8.03. The predicted molar refractivity (Wildman–Crippen MR) is 115 cm³/mol. The third-order valence-corrected chi connectivity index (χ3v) is 6.03. The summed E-state index contributed by atoms with van der Waals surface area (Å²) in [4.78, 5) is 19.4. The maximum Gasteiger partial charge on any atom is 0.227 e. The van der Waals surface area contributed by atoms with Gasteiger partial charge in [0.05, 0.1) is 6.54 Å². The molecule has 1 unspecified atom stereocenters. The van der Waals surface area contributed by atoms with Gasteiger partial charge in [-0.1, -0.05) is 38.3 Å². The molecule has 1 aromatic rings. The van der Waals surface area contributed by atoms with Gasteiger partial charge in [0, 0.05) is 24.2 Å². The summed E-state index contributed by atoms with van der Waals surface area (Å²) in [6, 6.07) is 8.46. The van der Waals surface area contributed by atoms with Gasteiger partial charge in [-0.3, -0.25) is 9.69 Å². The molecule has 6 nitrogen and oxygen atoms in total. The molecule has 1 aliphatic carbocycles. The first-order chi connectivity index (χ1) is 13.7. The van der Waals surface area contributed by atoms with Crippen molar-refractivity contribution in [2.45, 2.75) is 64.5 Å². The van der Waals surface area contributed by atoms with E-state index in [1.165, 1.54) is 25.8 Å². The fourth-order valence-corrected chi connectivity index (χ4v) is 4.35. The number of rotatable bonds is 7. The van der Waals surface area contributed by atoms with Crippen LogP contribution < -0.4 is 16.4 Å². The van der Waals surface area contributed by atoms with Crippen molar-refractivity contribution in [2.75, 3.05) is 25.0 Å². The molecular weight excluding hydrogens is 350 g/mol. The molecule has 1 aromatic carbocycles. The standard InChI is InChI=1S/C22H35N5O/c1-2-27-13-7-12-20(27)16-25-22(23)24-15-17-8-6-11-19(14-17)26-21(28)18-9-4-3-5-10-18/h6,8,11,14,18,20H,2-5,7,9-10,12-13,15-16H2,1H3,(H,26,28)(H3,23,24,25). The summed E-state index contributed by atoms with van der Waals surface area (Å²) in [7, 11) is 0. The van der Waals surface area contributed by atoms with E-state index in [4.69, 9.17) is 5.73 Å². The van der Waals surface area contributed by atoms with Crippen LogP contribution in [0.2, 0.25) is 0 Å². The van der Waals surface area contributed by atoms with Gasteiger partial charge in [0.1, 0.15) is 0 Å². The Bertz CT molecular complexity index is 669. The van der Waals surface area contributed by atoms with Crippen LogP contribution in [-0.2, 0) is 11.3 Å². The zero-order valence-corrected chi connectivity index (χ0v) is 17.1. The molecule has 6 heteroatoms. The first-order valence-corrected chi connectivity index (χ1v) is 10.8. The number of benzene rings is 1. The van der Waals surface area contributed by atoms with Crippen LogP contribution in [0.3, 0.4) is 0 Å². The third-order valence-electron chi connectivity index (χ3n) is 6.03. The third kappa shape index (κ3) is 5.96. The minimum Gasteiger partial charge on any atom is -0.370 e. The van der Waals surface area contributed by atoms with Gasteiger partial charge in [-0.25, -0.2) is 4.99 Å². The Labute approximate surface area is 169 Å². The van der Waals surface area contributed by atoms with Gasteiger partial charge in [0.15, 0.2) is 5.96 Å². The second-order valence-corrected chi connectivity index (χ2v) is 8.03. The molecule has 0 aromatic heterocycles. The molecule has 1 heterocycles. The molecule has 2 aliphatic rings. The molecule has 2 fully saturated rings. The number of carbonyl (C=O) groups is 1. The number of hydrogen-bond donors (Lipinski definition) is 3. The number of nitrogens with two attached hydrogens (primary N) is 1. The topological polar surface area (TPSA) is 82.8 Å². The van der Waals surface area contributed by atoms with Gasteiger partial charge in [0.25, 0.3) is 0 Å². The average Bonchev–Trinajstić information content (AvgIpc) is 3.19. The van der Waals surface area contributed by atoms with Crippen LogP contribution in [0.5, 0.6) is 0 Å². The lowest BCUT2D eigenvalue weighted by atomic mass is 9.88. The molecule has 1 saturated carbocycles. The zero-order valence-electron chi connectivity index (χ0n) is 17.1. The minimum atomic E-state index is 0.151. The number of carbonyl (C=O) groups excluding carboxylic acids is 1. The number of guanidine groups is 1. The van der Waals surface area contributed by atoms with Crippen LogP contribution in [0.4, 0.5) is 5.69 Å². The molecule has 0 bridgehead atoms. The number of nitrogens with one attached hydrogen (secondary N) is 2. The van der Waals surface area contributed by atoms with Gasteiger partial charge in [-0.2, -0.15) is 0 Å². The average molecular weight is 386 g/mol. The fourth-order valence-electron chi connectivity index (χ4n) is 4.35. The number of likely N-dealkylation sites (N-methyl/N-ethyl adjacent to an activating group) is 1. The zero-order chi connectivity index (χ0) is 19.8. The Kier molecular flexibility index (Phi) is 7.71. The van der Waals surface area contributed by atoms with Gasteiger partial charge in [0.2, 0.25) is 5.91 Å². The number of likely N-dealkylation sites (tertiary alicyclic amines) is 1. The molecule has 1 saturated heterocycles. The summed E-state index contributed by atoms with van der Waals surface area (Å²) in [6.45, 7) is 5.83. The minimum absolute atomic E-state index is 0.151. The Balaban J connectivity index is 1.48. The second kappa shape index (κ2) is 10.5. The van der Waals surface area contributed by atoms with Crippen LogP contribution in [0.15, 0.2) is 29.3 Å². The van der Waals surface area contributed by atoms with E-state index in [1.54, 1.807) is 0 Å². The van der Waals surface area contributed by atoms with Crippen molar-refractivity contribution >= 4 is 17.6 Å². The smallest absolute Gasteiger partial charge is 0.227 e. The highest BCUT2D eigenvalue weighted by Gasteiger charge is 2.22. The van der Waals surface area contributed by atoms with E-state index < -0.39 is 0 Å². The van der Waals surface area contributed by atoms with E-state index in [1.807, 2.05) is 24.3 Å². The lowest BCUT2D eigenvalue weighted by Crippen LogP contribution is -2.42. The van der Waals surface area contributed by atoms with E-state index in [-0.39, 0.29) is 11.8 Å². The highest BCUT2D eigenvalue weighted by atomic mass is 16.1. The lowest BCUT2D eigenvalue weighted by molar-refractivity contribution is -0.120. The Morgan fingerprint density at radius 1 is 1.21 bits per heavy atom. The van der Waals surface area contributed by atoms with Gasteiger partial charge >= 0.3 is 0 Å². The van der Waals surface area contributed by atoms with Crippen molar-refractivity contribution in [3.63, 3.8) is 0 Å². The number of anilines is 1. The summed E-state index contributed by atoms with van der Waals surface area (Å²) in [5, 5.41) is 6.34. The Morgan fingerprint density at radius 3 is 2.82 bits per heavy atom. The van der Waals surface area contributed by atoms with Crippen LogP contribution in [-0.4, -0.2) is 42.4 Å². The normalized spacial score (nSPS) is 21.6. The monoisotopic (exact) mass is 385 g/mol. The summed E-state index contributed by atoms with van der Waals surface area (Å²) in [6.07, 6.45) is 8.08. The number of nitrogens with zero attached hydrogens (tertiary/aromatic N) is 2. The van der Waals surface area contributed by atoms with Gasteiger partial charge in [-0.15, -0.1) is 0 Å². The molecular formula is C22H35N5O. The van der Waals surface area contributed by atoms with Crippen LogP contribution in [0, 0.1) is 5.92 Å². The largest absolute Gasteiger partial charge is 0.370 e. The van der Waals surface area contributed by atoms with Crippen LogP contribution in [0.1, 0.15) is 57.4 Å². The first-order valence-electron chi connectivity index (χ1n) is 10.8. The van der Waals surface area contributed by atoms with E-state index in [9.17, 15) is 4.79 Å². The van der Waals surface area contributed by atoms with Crippen molar-refractivity contribution in [1.82, 2.24) is 10.2 Å². The molecule has 154 valence electrons. The molecule has 28 heavy (non-hydrogen) atoms. The van der Waals surface area contributed by atoms with Crippen molar-refractivity contribution < 1.29 is 4.79 Å². The highest BCUT2D eigenvalue weighted by Crippen LogP contribution is 2.25. The van der Waals surface area contributed by atoms with Crippen LogP contribution in [0.25, 0.3) is 0 Å². The molecule has 3 rings (SSSR count). The number of aliphatic imine (C=N–C) groups is 1. The Morgan fingerprint density at radius 2 is 2.04 bits per heavy atom. The Hall–Kier alpha value is -2.08. The molecule has 1 amide bonds. The maximum atomic E-state index is 12.4. The first kappa shape index (κ1) is 20.6. The van der Waals surface area contributed by atoms with E-state index in [0.717, 1.165) is 50.0 Å². The molecule has 1 atom stereocenters. The maximum absolute atomic E-state index is 12.4. The van der Waals surface area contributed by atoms with Gasteiger partial charge < -0.3 is 16.4 Å². The van der Waals surface area contributed by atoms with Crippen molar-refractivity contribution in [1.29, 1.82) is 0 Å². The molecule has 0 radical (unpaired) electrons. The predicted octanol–water partition coefficient (Wildman–Crippen LogP) is 3.09. The van der Waals surface area contributed by atoms with Crippen molar-refractivity contribution in [3.8, 4) is 0 Å². The van der Waals surface area contributed by atoms with Crippen LogP contribution >= 0.6 is 0 Å². The van der Waals surface area contributed by atoms with E-state index >= 15 is 0 Å². The summed E-state index contributed by atoms with van der Waals surface area (Å²) in [5.41, 5.74) is 7.94. The van der Waals surface area contributed by atoms with Crippen molar-refractivity contribution in [3.05, 3.63) is 29.8 Å². The lowest BCUT2D eigenvalue weighted by Gasteiger charge is -2.23. The summed E-state index contributed by atoms with van der Waals surface area (Å²) >= 11 is 0. The van der Waals surface area contributed by atoms with Crippen molar-refractivity contribution in [2.24, 2.45) is 16.6 Å².